The lowest BCUT2D eigenvalue weighted by Gasteiger charge is -2.33. The van der Waals surface area contributed by atoms with E-state index in [1.54, 1.807) is 11.3 Å². The highest BCUT2D eigenvalue weighted by Crippen LogP contribution is 2.37. The lowest BCUT2D eigenvalue weighted by Crippen LogP contribution is -2.42. The zero-order valence-corrected chi connectivity index (χ0v) is 11.1. The molecular formula is C13H22N2S. The summed E-state index contributed by atoms with van der Waals surface area (Å²) in [6, 6.07) is 2.59. The third kappa shape index (κ3) is 2.65. The summed E-state index contributed by atoms with van der Waals surface area (Å²) >= 11 is 1.77. The first-order valence-electron chi connectivity index (χ1n) is 6.05. The molecule has 0 amide bonds. The van der Waals surface area contributed by atoms with E-state index in [1.165, 1.54) is 24.8 Å². The van der Waals surface area contributed by atoms with Crippen molar-refractivity contribution in [2.75, 3.05) is 13.6 Å². The first-order chi connectivity index (χ1) is 7.60. The van der Waals surface area contributed by atoms with E-state index in [0.29, 0.717) is 11.5 Å². The maximum absolute atomic E-state index is 6.21. The first kappa shape index (κ1) is 12.1. The molecule has 16 heavy (non-hydrogen) atoms. The van der Waals surface area contributed by atoms with Gasteiger partial charge in [-0.2, -0.15) is 11.3 Å². The van der Waals surface area contributed by atoms with Crippen LogP contribution in [0.3, 0.4) is 0 Å². The number of thiophene rings is 1. The molecule has 1 aromatic heterocycles. The monoisotopic (exact) mass is 238 g/mol. The lowest BCUT2D eigenvalue weighted by molar-refractivity contribution is 0.173. The summed E-state index contributed by atoms with van der Waals surface area (Å²) in [5.41, 5.74) is 7.95. The van der Waals surface area contributed by atoms with E-state index < -0.39 is 0 Å². The van der Waals surface area contributed by atoms with Gasteiger partial charge in [-0.3, -0.25) is 0 Å². The fraction of sp³-hybridized carbons (Fsp3) is 0.692. The second kappa shape index (κ2) is 4.86. The Morgan fingerprint density at radius 1 is 1.62 bits per heavy atom. The highest BCUT2D eigenvalue weighted by molar-refractivity contribution is 7.07. The van der Waals surface area contributed by atoms with Gasteiger partial charge in [0.25, 0.3) is 0 Å². The maximum atomic E-state index is 6.21. The molecule has 0 saturated heterocycles. The van der Waals surface area contributed by atoms with E-state index in [1.807, 2.05) is 0 Å². The van der Waals surface area contributed by atoms with Gasteiger partial charge in [-0.05, 0) is 47.7 Å². The number of nitrogens with zero attached hydrogens (tertiary/aromatic N) is 1. The van der Waals surface area contributed by atoms with Crippen LogP contribution >= 0.6 is 11.3 Å². The van der Waals surface area contributed by atoms with Crippen LogP contribution in [0, 0.1) is 5.41 Å². The lowest BCUT2D eigenvalue weighted by atomic mass is 9.84. The second-order valence-electron chi connectivity index (χ2n) is 5.46. The zero-order chi connectivity index (χ0) is 11.6. The molecule has 1 fully saturated rings. The van der Waals surface area contributed by atoms with Crippen molar-refractivity contribution < 1.29 is 0 Å². The summed E-state index contributed by atoms with van der Waals surface area (Å²) in [6.07, 6.45) is 3.77. The van der Waals surface area contributed by atoms with Gasteiger partial charge in [0.15, 0.2) is 0 Å². The van der Waals surface area contributed by atoms with Crippen LogP contribution in [0.15, 0.2) is 16.8 Å². The quantitative estimate of drug-likeness (QED) is 0.874. The van der Waals surface area contributed by atoms with Gasteiger partial charge < -0.3 is 10.6 Å². The predicted molar refractivity (Wildman–Crippen MR) is 70.6 cm³/mol. The molecule has 2 rings (SSSR count). The average Bonchev–Trinajstić information content (AvgIpc) is 2.79. The van der Waals surface area contributed by atoms with Gasteiger partial charge >= 0.3 is 0 Å². The van der Waals surface area contributed by atoms with Crippen LogP contribution in [0.5, 0.6) is 0 Å². The summed E-state index contributed by atoms with van der Waals surface area (Å²) in [4.78, 5) is 2.41. The van der Waals surface area contributed by atoms with Gasteiger partial charge in [-0.15, -0.1) is 0 Å². The minimum Gasteiger partial charge on any atom is -0.327 e. The Morgan fingerprint density at radius 2 is 2.44 bits per heavy atom. The number of hydrogen-bond acceptors (Lipinski definition) is 3. The molecule has 1 aromatic rings. The largest absolute Gasteiger partial charge is 0.327 e. The van der Waals surface area contributed by atoms with Gasteiger partial charge in [0.2, 0.25) is 0 Å². The topological polar surface area (TPSA) is 29.3 Å². The van der Waals surface area contributed by atoms with E-state index >= 15 is 0 Å². The first-order valence-corrected chi connectivity index (χ1v) is 7.00. The van der Waals surface area contributed by atoms with E-state index in [9.17, 15) is 0 Å². The molecule has 0 bridgehead atoms. The Kier molecular flexibility index (Phi) is 3.67. The smallest absolute Gasteiger partial charge is 0.0239 e. The van der Waals surface area contributed by atoms with E-state index in [-0.39, 0.29) is 0 Å². The Morgan fingerprint density at radius 3 is 3.00 bits per heavy atom. The van der Waals surface area contributed by atoms with Crippen LogP contribution in [-0.4, -0.2) is 24.5 Å². The Labute approximate surface area is 102 Å². The molecule has 3 heteroatoms. The summed E-state index contributed by atoms with van der Waals surface area (Å²) in [5, 5.41) is 4.37. The second-order valence-corrected chi connectivity index (χ2v) is 6.24. The molecule has 1 aliphatic carbocycles. The Hall–Kier alpha value is -0.380. The molecule has 2 N–H and O–H groups in total. The van der Waals surface area contributed by atoms with Crippen LogP contribution in [0.25, 0.3) is 0 Å². The van der Waals surface area contributed by atoms with Crippen LogP contribution in [0.2, 0.25) is 0 Å². The highest BCUT2D eigenvalue weighted by atomic mass is 32.1. The van der Waals surface area contributed by atoms with Gasteiger partial charge in [-0.1, -0.05) is 13.3 Å². The molecule has 0 aromatic carbocycles. The molecule has 0 radical (unpaired) electrons. The maximum Gasteiger partial charge on any atom is 0.0239 e. The number of hydrogen-bond donors (Lipinski definition) is 1. The fourth-order valence-corrected chi connectivity index (χ4v) is 3.48. The van der Waals surface area contributed by atoms with Gasteiger partial charge in [-0.25, -0.2) is 0 Å². The van der Waals surface area contributed by atoms with Crippen molar-refractivity contribution in [3.8, 4) is 0 Å². The zero-order valence-electron chi connectivity index (χ0n) is 10.3. The van der Waals surface area contributed by atoms with Crippen molar-refractivity contribution in [1.29, 1.82) is 0 Å². The van der Waals surface area contributed by atoms with E-state index in [2.05, 4.69) is 35.7 Å². The third-order valence-electron chi connectivity index (χ3n) is 3.82. The molecule has 0 aliphatic heterocycles. The van der Waals surface area contributed by atoms with Gasteiger partial charge in [0.1, 0.15) is 0 Å². The van der Waals surface area contributed by atoms with Crippen molar-refractivity contribution in [2.45, 2.75) is 38.8 Å². The standard InChI is InChI=1S/C13H22N2S/c1-13(6-3-4-12(13)14)10-15(2)8-11-5-7-16-9-11/h5,7,9,12H,3-4,6,8,10,14H2,1-2H3. The predicted octanol–water partition coefficient (Wildman–Crippen LogP) is 2.70. The molecule has 1 saturated carbocycles. The summed E-state index contributed by atoms with van der Waals surface area (Å²) < 4.78 is 0. The van der Waals surface area contributed by atoms with Crippen molar-refractivity contribution in [3.63, 3.8) is 0 Å². The summed E-state index contributed by atoms with van der Waals surface area (Å²) in [6.45, 7) is 4.50. The Balaban J connectivity index is 1.89. The van der Waals surface area contributed by atoms with E-state index in [0.717, 1.165) is 13.1 Å². The third-order valence-corrected chi connectivity index (χ3v) is 4.55. The number of nitrogens with two attached hydrogens (primary N) is 1. The molecule has 2 atom stereocenters. The fourth-order valence-electron chi connectivity index (χ4n) is 2.82. The highest BCUT2D eigenvalue weighted by Gasteiger charge is 2.36. The van der Waals surface area contributed by atoms with Crippen LogP contribution in [0.1, 0.15) is 31.7 Å². The van der Waals surface area contributed by atoms with Crippen LogP contribution in [-0.2, 0) is 6.54 Å². The van der Waals surface area contributed by atoms with Crippen molar-refractivity contribution >= 4 is 11.3 Å². The van der Waals surface area contributed by atoms with Crippen molar-refractivity contribution in [3.05, 3.63) is 22.4 Å². The van der Waals surface area contributed by atoms with Crippen LogP contribution in [0.4, 0.5) is 0 Å². The summed E-state index contributed by atoms with van der Waals surface area (Å²) in [5.74, 6) is 0. The molecule has 2 nitrogen and oxygen atoms in total. The normalized spacial score (nSPS) is 30.1. The molecule has 1 heterocycles. The minimum absolute atomic E-state index is 0.324. The average molecular weight is 238 g/mol. The van der Waals surface area contributed by atoms with Crippen molar-refractivity contribution in [2.24, 2.45) is 11.1 Å². The molecule has 1 aliphatic rings. The Bertz CT molecular complexity index is 323. The molecule has 2 unspecified atom stereocenters. The van der Waals surface area contributed by atoms with Crippen molar-refractivity contribution in [1.82, 2.24) is 4.90 Å². The van der Waals surface area contributed by atoms with Crippen LogP contribution < -0.4 is 5.73 Å². The van der Waals surface area contributed by atoms with E-state index in [4.69, 9.17) is 5.73 Å². The molecule has 0 spiro atoms. The van der Waals surface area contributed by atoms with Gasteiger partial charge in [0, 0.05) is 19.1 Å². The minimum atomic E-state index is 0.324. The summed E-state index contributed by atoms with van der Waals surface area (Å²) in [7, 11) is 2.20. The molecule has 90 valence electrons. The van der Waals surface area contributed by atoms with Gasteiger partial charge in [0.05, 0.1) is 0 Å². The SMILES string of the molecule is CN(Cc1ccsc1)CC1(C)CCCC1N. The molecular weight excluding hydrogens is 216 g/mol. The number of rotatable bonds is 4.